The Kier molecular flexibility index (Phi) is 6.20. The topological polar surface area (TPSA) is 108 Å². The zero-order valence-corrected chi connectivity index (χ0v) is 13.3. The summed E-state index contributed by atoms with van der Waals surface area (Å²) < 4.78 is 35.7. The lowest BCUT2D eigenvalue weighted by Crippen LogP contribution is -2.21. The Bertz CT molecular complexity index is 824. The molecule has 9 heteroatoms. The third-order valence-electron chi connectivity index (χ3n) is 3.01. The first-order valence-corrected chi connectivity index (χ1v) is 7.28. The van der Waals surface area contributed by atoms with Crippen LogP contribution in [-0.4, -0.2) is 31.0 Å². The molecule has 0 saturated heterocycles. The zero-order valence-electron chi connectivity index (χ0n) is 13.3. The van der Waals surface area contributed by atoms with Crippen LogP contribution in [0.15, 0.2) is 42.5 Å². The van der Waals surface area contributed by atoms with Gasteiger partial charge in [-0.05, 0) is 36.4 Å². The molecule has 0 aliphatic carbocycles. The molecule has 0 saturated carbocycles. The van der Waals surface area contributed by atoms with Gasteiger partial charge in [-0.1, -0.05) is 0 Å². The number of nitrogens with one attached hydrogen (secondary N) is 1. The normalized spacial score (nSPS) is 10.1. The van der Waals surface area contributed by atoms with E-state index in [4.69, 9.17) is 15.2 Å². The van der Waals surface area contributed by atoms with Crippen LogP contribution in [0.25, 0.3) is 0 Å². The van der Waals surface area contributed by atoms with E-state index < -0.39 is 36.0 Å². The molecule has 0 spiro atoms. The van der Waals surface area contributed by atoms with Gasteiger partial charge >= 0.3 is 5.97 Å². The van der Waals surface area contributed by atoms with Crippen molar-refractivity contribution in [3.8, 4) is 5.75 Å². The van der Waals surface area contributed by atoms with Crippen molar-refractivity contribution in [2.45, 2.75) is 0 Å². The molecule has 2 aromatic carbocycles. The molecule has 2 rings (SSSR count). The highest BCUT2D eigenvalue weighted by molar-refractivity contribution is 5.95. The Hall–Kier alpha value is -3.49. The van der Waals surface area contributed by atoms with E-state index in [0.717, 1.165) is 12.1 Å². The van der Waals surface area contributed by atoms with Gasteiger partial charge in [0.25, 0.3) is 11.8 Å². The number of rotatable bonds is 7. The molecule has 0 aliphatic heterocycles. The van der Waals surface area contributed by atoms with Gasteiger partial charge in [0.15, 0.2) is 24.8 Å². The van der Waals surface area contributed by atoms with Crippen LogP contribution in [0.3, 0.4) is 0 Å². The highest BCUT2D eigenvalue weighted by Crippen LogP contribution is 2.14. The Morgan fingerprint density at radius 3 is 2.27 bits per heavy atom. The number of ether oxygens (including phenoxy) is 2. The van der Waals surface area contributed by atoms with Gasteiger partial charge in [0.2, 0.25) is 0 Å². The second-order valence-electron chi connectivity index (χ2n) is 5.03. The third kappa shape index (κ3) is 5.55. The van der Waals surface area contributed by atoms with Gasteiger partial charge in [0, 0.05) is 11.8 Å². The molecule has 2 aromatic rings. The molecule has 0 fully saturated rings. The first-order chi connectivity index (χ1) is 12.3. The molecule has 0 unspecified atom stereocenters. The standard InChI is InChI=1S/C17H14F2N2O5/c18-13-6-3-11(7-14(13)19)21-16(23)9-26-17(24)10-1-4-12(5-2-10)25-8-15(20)22/h1-7H,8-9H2,(H2,20,22)(H,21,23). The molecule has 2 amide bonds. The molecular formula is C17H14F2N2O5. The lowest BCUT2D eigenvalue weighted by atomic mass is 10.2. The monoisotopic (exact) mass is 364 g/mol. The summed E-state index contributed by atoms with van der Waals surface area (Å²) >= 11 is 0. The van der Waals surface area contributed by atoms with E-state index >= 15 is 0 Å². The van der Waals surface area contributed by atoms with Crippen LogP contribution in [-0.2, 0) is 14.3 Å². The zero-order chi connectivity index (χ0) is 19.1. The highest BCUT2D eigenvalue weighted by Gasteiger charge is 2.12. The lowest BCUT2D eigenvalue weighted by molar-refractivity contribution is -0.120. The SMILES string of the molecule is NC(=O)COc1ccc(C(=O)OCC(=O)Nc2ccc(F)c(F)c2)cc1. The van der Waals surface area contributed by atoms with Crippen molar-refractivity contribution in [3.05, 3.63) is 59.7 Å². The molecule has 7 nitrogen and oxygen atoms in total. The minimum Gasteiger partial charge on any atom is -0.484 e. The van der Waals surface area contributed by atoms with E-state index in [2.05, 4.69) is 5.32 Å². The number of hydrogen-bond donors (Lipinski definition) is 2. The summed E-state index contributed by atoms with van der Waals surface area (Å²) in [5.74, 6) is -3.95. The van der Waals surface area contributed by atoms with Crippen LogP contribution in [0, 0.1) is 11.6 Å². The first-order valence-electron chi connectivity index (χ1n) is 7.28. The second-order valence-corrected chi connectivity index (χ2v) is 5.03. The predicted octanol–water partition coefficient (Wildman–Crippen LogP) is 1.62. The Morgan fingerprint density at radius 2 is 1.65 bits per heavy atom. The number of carbonyl (C=O) groups excluding carboxylic acids is 3. The quantitative estimate of drug-likeness (QED) is 0.726. The molecule has 26 heavy (non-hydrogen) atoms. The van der Waals surface area contributed by atoms with Gasteiger partial charge in [0.05, 0.1) is 5.56 Å². The number of halogens is 2. The maximum absolute atomic E-state index is 13.0. The van der Waals surface area contributed by atoms with Gasteiger partial charge in [-0.15, -0.1) is 0 Å². The van der Waals surface area contributed by atoms with Crippen molar-refractivity contribution in [2.24, 2.45) is 5.73 Å². The van der Waals surface area contributed by atoms with E-state index in [1.807, 2.05) is 0 Å². The van der Waals surface area contributed by atoms with Gasteiger partial charge in [-0.2, -0.15) is 0 Å². The van der Waals surface area contributed by atoms with Crippen LogP contribution >= 0.6 is 0 Å². The Labute approximate surface area is 146 Å². The average Bonchev–Trinajstić information content (AvgIpc) is 2.61. The smallest absolute Gasteiger partial charge is 0.338 e. The van der Waals surface area contributed by atoms with E-state index in [0.29, 0.717) is 5.75 Å². The number of anilines is 1. The predicted molar refractivity (Wildman–Crippen MR) is 86.4 cm³/mol. The maximum atomic E-state index is 13.0. The number of hydrogen-bond acceptors (Lipinski definition) is 5. The molecule has 0 aromatic heterocycles. The summed E-state index contributed by atoms with van der Waals surface area (Å²) in [5.41, 5.74) is 5.12. The molecule has 0 radical (unpaired) electrons. The summed E-state index contributed by atoms with van der Waals surface area (Å²) in [7, 11) is 0. The number of esters is 1. The number of carbonyl (C=O) groups is 3. The molecule has 0 atom stereocenters. The van der Waals surface area contributed by atoms with Gasteiger partial charge in [-0.25, -0.2) is 13.6 Å². The summed E-state index contributed by atoms with van der Waals surface area (Å²) in [4.78, 5) is 34.1. The fraction of sp³-hybridized carbons (Fsp3) is 0.118. The molecule has 0 heterocycles. The van der Waals surface area contributed by atoms with Crippen molar-refractivity contribution in [1.29, 1.82) is 0 Å². The Morgan fingerprint density at radius 1 is 0.962 bits per heavy atom. The summed E-state index contributed by atoms with van der Waals surface area (Å²) in [6.45, 7) is -0.911. The molecule has 136 valence electrons. The third-order valence-corrected chi connectivity index (χ3v) is 3.01. The lowest BCUT2D eigenvalue weighted by Gasteiger charge is -2.08. The molecule has 0 aliphatic rings. The van der Waals surface area contributed by atoms with Gasteiger partial charge in [-0.3, -0.25) is 9.59 Å². The van der Waals surface area contributed by atoms with Gasteiger partial charge < -0.3 is 20.5 Å². The highest BCUT2D eigenvalue weighted by atomic mass is 19.2. The fourth-order valence-electron chi connectivity index (χ4n) is 1.83. The summed E-state index contributed by atoms with van der Waals surface area (Å²) in [6, 6.07) is 8.46. The van der Waals surface area contributed by atoms with Crippen molar-refractivity contribution in [3.63, 3.8) is 0 Å². The van der Waals surface area contributed by atoms with Crippen molar-refractivity contribution in [2.75, 3.05) is 18.5 Å². The van der Waals surface area contributed by atoms with Crippen LogP contribution in [0.1, 0.15) is 10.4 Å². The number of benzene rings is 2. The van der Waals surface area contributed by atoms with Crippen molar-refractivity contribution in [1.82, 2.24) is 0 Å². The molecule has 0 bridgehead atoms. The largest absolute Gasteiger partial charge is 0.484 e. The van der Waals surface area contributed by atoms with Crippen LogP contribution < -0.4 is 15.8 Å². The van der Waals surface area contributed by atoms with E-state index in [1.165, 1.54) is 30.3 Å². The van der Waals surface area contributed by atoms with Crippen LogP contribution in [0.5, 0.6) is 5.75 Å². The number of amides is 2. The summed E-state index contributed by atoms with van der Waals surface area (Å²) in [6.07, 6.45) is 0. The molecular weight excluding hydrogens is 350 g/mol. The Balaban J connectivity index is 1.84. The summed E-state index contributed by atoms with van der Waals surface area (Å²) in [5, 5.41) is 2.27. The van der Waals surface area contributed by atoms with Gasteiger partial charge in [0.1, 0.15) is 5.75 Å². The number of nitrogens with two attached hydrogens (primary N) is 1. The average molecular weight is 364 g/mol. The van der Waals surface area contributed by atoms with Crippen molar-refractivity contribution < 1.29 is 32.6 Å². The van der Waals surface area contributed by atoms with Crippen molar-refractivity contribution >= 4 is 23.5 Å². The van der Waals surface area contributed by atoms with E-state index in [-0.39, 0.29) is 17.9 Å². The second kappa shape index (κ2) is 8.56. The maximum Gasteiger partial charge on any atom is 0.338 e. The van der Waals surface area contributed by atoms with Crippen LogP contribution in [0.2, 0.25) is 0 Å². The van der Waals surface area contributed by atoms with E-state index in [1.54, 1.807) is 0 Å². The molecule has 3 N–H and O–H groups in total. The first kappa shape index (κ1) is 18.8. The number of primary amides is 1. The minimum absolute atomic E-state index is 0.0286. The minimum atomic E-state index is -1.11. The van der Waals surface area contributed by atoms with E-state index in [9.17, 15) is 23.2 Å². The fourth-order valence-corrected chi connectivity index (χ4v) is 1.83. The van der Waals surface area contributed by atoms with Crippen LogP contribution in [0.4, 0.5) is 14.5 Å².